The Balaban J connectivity index is 1.60. The number of esters is 1. The van der Waals surface area contributed by atoms with Gasteiger partial charge in [0.2, 0.25) is 6.79 Å². The van der Waals surface area contributed by atoms with Crippen molar-refractivity contribution in [1.29, 1.82) is 0 Å². The third-order valence-electron chi connectivity index (χ3n) is 6.91. The molecule has 5 rings (SSSR count). The van der Waals surface area contributed by atoms with Crippen molar-refractivity contribution in [2.75, 3.05) is 13.9 Å². The molecule has 3 aliphatic rings. The number of ketones is 1. The second kappa shape index (κ2) is 9.62. The minimum Gasteiger partial charge on any atom is -0.497 e. The van der Waals surface area contributed by atoms with Crippen LogP contribution in [-0.4, -0.2) is 37.5 Å². The molecule has 0 N–H and O–H groups in total. The molecule has 0 spiro atoms. The third-order valence-corrected chi connectivity index (χ3v) is 7.24. The van der Waals surface area contributed by atoms with Crippen LogP contribution >= 0.6 is 11.6 Å². The Kier molecular flexibility index (Phi) is 6.51. The summed E-state index contributed by atoms with van der Waals surface area (Å²) in [7, 11) is 1.62. The summed E-state index contributed by atoms with van der Waals surface area (Å²) in [4.78, 5) is 31.9. The predicted octanol–water partition coefficient (Wildman–Crippen LogP) is 5.60. The SMILES string of the molecule is COc1ccc([C@@H]2CC(=O)C3=C(C2)N=C(C)C(C(=O)OC(C)C)[C@H]3c2cc3c(cc2Cl)OCO3)cc1. The van der Waals surface area contributed by atoms with E-state index in [1.54, 1.807) is 33.1 Å². The first kappa shape index (κ1) is 24.4. The Morgan fingerprint density at radius 2 is 1.81 bits per heavy atom. The molecule has 2 aromatic carbocycles. The van der Waals surface area contributed by atoms with Crippen LogP contribution < -0.4 is 14.2 Å². The number of carbonyl (C=O) groups is 2. The van der Waals surface area contributed by atoms with Gasteiger partial charge in [0.1, 0.15) is 11.7 Å². The second-order valence-corrected chi connectivity index (χ2v) is 9.99. The molecule has 1 aliphatic carbocycles. The Hall–Kier alpha value is -3.32. The lowest BCUT2D eigenvalue weighted by Crippen LogP contribution is -2.38. The van der Waals surface area contributed by atoms with Crippen molar-refractivity contribution in [2.24, 2.45) is 10.9 Å². The summed E-state index contributed by atoms with van der Waals surface area (Å²) < 4.78 is 21.9. The van der Waals surface area contributed by atoms with Crippen molar-refractivity contribution in [3.8, 4) is 17.2 Å². The number of nitrogens with zero attached hydrogens (tertiary/aromatic N) is 1. The van der Waals surface area contributed by atoms with E-state index in [9.17, 15) is 9.59 Å². The molecule has 0 amide bonds. The molecule has 0 radical (unpaired) electrons. The fourth-order valence-corrected chi connectivity index (χ4v) is 5.56. The highest BCUT2D eigenvalue weighted by Gasteiger charge is 2.46. The molecule has 2 aromatic rings. The average molecular weight is 510 g/mol. The van der Waals surface area contributed by atoms with Crippen molar-refractivity contribution in [2.45, 2.75) is 51.6 Å². The van der Waals surface area contributed by atoms with Gasteiger partial charge in [-0.15, -0.1) is 0 Å². The van der Waals surface area contributed by atoms with Crippen LogP contribution in [0.5, 0.6) is 17.2 Å². The van der Waals surface area contributed by atoms with Crippen LogP contribution in [0.15, 0.2) is 52.7 Å². The fourth-order valence-electron chi connectivity index (χ4n) is 5.29. The molecule has 0 saturated heterocycles. The Labute approximate surface area is 215 Å². The molecule has 2 heterocycles. The molecule has 2 aliphatic heterocycles. The van der Waals surface area contributed by atoms with Crippen molar-refractivity contribution < 1.29 is 28.5 Å². The minimum atomic E-state index is -0.773. The van der Waals surface area contributed by atoms with E-state index in [-0.39, 0.29) is 24.6 Å². The number of ether oxygens (including phenoxy) is 4. The summed E-state index contributed by atoms with van der Waals surface area (Å²) in [6.07, 6.45) is 0.578. The number of rotatable bonds is 5. The van der Waals surface area contributed by atoms with Crippen molar-refractivity contribution in [3.05, 3.63) is 63.8 Å². The Bertz CT molecular complexity index is 1280. The number of allylic oxidation sites excluding steroid dienone is 2. The highest BCUT2D eigenvalue weighted by Crippen LogP contribution is 2.50. The van der Waals surface area contributed by atoms with Gasteiger partial charge >= 0.3 is 5.97 Å². The number of halogens is 1. The molecule has 8 heteroatoms. The molecule has 0 fully saturated rings. The van der Waals surface area contributed by atoms with Crippen LogP contribution in [0.4, 0.5) is 0 Å². The van der Waals surface area contributed by atoms with Gasteiger partial charge in [-0.05, 0) is 62.4 Å². The van der Waals surface area contributed by atoms with E-state index < -0.39 is 17.8 Å². The largest absolute Gasteiger partial charge is 0.497 e. The molecule has 1 unspecified atom stereocenters. The lowest BCUT2D eigenvalue weighted by molar-refractivity contribution is -0.150. The van der Waals surface area contributed by atoms with Gasteiger partial charge in [-0.25, -0.2) is 0 Å². The van der Waals surface area contributed by atoms with Gasteiger partial charge in [0.15, 0.2) is 17.3 Å². The zero-order valence-electron chi connectivity index (χ0n) is 20.7. The highest BCUT2D eigenvalue weighted by atomic mass is 35.5. The standard InChI is InChI=1S/C28H28ClNO6/c1-14(2)36-28(32)25-15(3)30-21-9-17(16-5-7-18(33-4)8-6-16)10-22(31)27(21)26(25)19-11-23-24(12-20(19)29)35-13-34-23/h5-8,11-12,14,17,25-26H,9-10,13H2,1-4H3/t17-,25?,26+/m0/s1. The molecular formula is C28H28ClNO6. The van der Waals surface area contributed by atoms with Gasteiger partial charge in [-0.3, -0.25) is 14.6 Å². The summed E-state index contributed by atoms with van der Waals surface area (Å²) in [6.45, 7) is 5.50. The Morgan fingerprint density at radius 3 is 2.47 bits per heavy atom. The zero-order chi connectivity index (χ0) is 25.6. The van der Waals surface area contributed by atoms with Gasteiger partial charge in [0, 0.05) is 40.4 Å². The van der Waals surface area contributed by atoms with Crippen LogP contribution in [0.25, 0.3) is 0 Å². The van der Waals surface area contributed by atoms with E-state index in [2.05, 4.69) is 0 Å². The van der Waals surface area contributed by atoms with Gasteiger partial charge < -0.3 is 18.9 Å². The molecule has 0 aromatic heterocycles. The average Bonchev–Trinajstić information content (AvgIpc) is 3.29. The second-order valence-electron chi connectivity index (χ2n) is 9.58. The lowest BCUT2D eigenvalue weighted by atomic mass is 9.69. The first-order valence-electron chi connectivity index (χ1n) is 12.0. The van der Waals surface area contributed by atoms with Crippen LogP contribution in [0, 0.1) is 5.92 Å². The number of methoxy groups -OCH3 is 1. The maximum atomic E-state index is 13.8. The Morgan fingerprint density at radius 1 is 1.11 bits per heavy atom. The maximum absolute atomic E-state index is 13.8. The monoisotopic (exact) mass is 509 g/mol. The van der Waals surface area contributed by atoms with Crippen LogP contribution in [0.1, 0.15) is 56.6 Å². The predicted molar refractivity (Wildman–Crippen MR) is 135 cm³/mol. The molecule has 36 heavy (non-hydrogen) atoms. The number of fused-ring (bicyclic) bond motifs is 1. The topological polar surface area (TPSA) is 83.4 Å². The first-order valence-corrected chi connectivity index (χ1v) is 12.4. The van der Waals surface area contributed by atoms with E-state index in [1.165, 1.54) is 0 Å². The summed E-state index contributed by atoms with van der Waals surface area (Å²) >= 11 is 6.72. The molecule has 7 nitrogen and oxygen atoms in total. The van der Waals surface area contributed by atoms with Crippen molar-refractivity contribution >= 4 is 29.1 Å². The zero-order valence-corrected chi connectivity index (χ0v) is 21.4. The van der Waals surface area contributed by atoms with Crippen LogP contribution in [0.2, 0.25) is 5.02 Å². The normalized spacial score (nSPS) is 22.9. The van der Waals surface area contributed by atoms with E-state index in [0.717, 1.165) is 11.3 Å². The minimum absolute atomic E-state index is 0.0225. The number of benzene rings is 2. The smallest absolute Gasteiger partial charge is 0.315 e. The van der Waals surface area contributed by atoms with E-state index >= 15 is 0 Å². The molecule has 3 atom stereocenters. The number of aliphatic imine (C=N–C) groups is 1. The van der Waals surface area contributed by atoms with Crippen LogP contribution in [-0.2, 0) is 14.3 Å². The van der Waals surface area contributed by atoms with E-state index in [0.29, 0.717) is 51.9 Å². The summed E-state index contributed by atoms with van der Waals surface area (Å²) in [5, 5.41) is 0.401. The molecular weight excluding hydrogens is 482 g/mol. The highest BCUT2D eigenvalue weighted by molar-refractivity contribution is 6.32. The quantitative estimate of drug-likeness (QED) is 0.487. The lowest BCUT2D eigenvalue weighted by Gasteiger charge is -2.37. The molecule has 0 saturated carbocycles. The van der Waals surface area contributed by atoms with Gasteiger partial charge in [0.05, 0.1) is 13.2 Å². The van der Waals surface area contributed by atoms with Gasteiger partial charge in [-0.1, -0.05) is 23.7 Å². The van der Waals surface area contributed by atoms with E-state index in [1.807, 2.05) is 31.2 Å². The fraction of sp³-hybridized carbons (Fsp3) is 0.393. The number of hydrogen-bond acceptors (Lipinski definition) is 7. The van der Waals surface area contributed by atoms with Gasteiger partial charge in [-0.2, -0.15) is 0 Å². The van der Waals surface area contributed by atoms with Crippen LogP contribution in [0.3, 0.4) is 0 Å². The van der Waals surface area contributed by atoms with E-state index in [4.69, 9.17) is 35.5 Å². The summed E-state index contributed by atoms with van der Waals surface area (Å²) in [5.41, 5.74) is 3.49. The third kappa shape index (κ3) is 4.37. The number of hydrogen-bond donors (Lipinski definition) is 0. The summed E-state index contributed by atoms with van der Waals surface area (Å²) in [6, 6.07) is 11.2. The van der Waals surface area contributed by atoms with Gasteiger partial charge in [0.25, 0.3) is 0 Å². The number of Topliss-reactive ketones (excluding diaryl/α,β-unsaturated/α-hetero) is 1. The molecule has 188 valence electrons. The summed E-state index contributed by atoms with van der Waals surface area (Å²) in [5.74, 6) is -0.0688. The number of carbonyl (C=O) groups excluding carboxylic acids is 2. The maximum Gasteiger partial charge on any atom is 0.315 e. The molecule has 0 bridgehead atoms. The van der Waals surface area contributed by atoms with Crippen molar-refractivity contribution in [3.63, 3.8) is 0 Å². The first-order chi connectivity index (χ1) is 17.3. The van der Waals surface area contributed by atoms with Crippen molar-refractivity contribution in [1.82, 2.24) is 0 Å².